The normalized spacial score (nSPS) is 20.3. The maximum Gasteiger partial charge on any atom is 0.123 e. The van der Waals surface area contributed by atoms with E-state index in [4.69, 9.17) is 0 Å². The highest BCUT2D eigenvalue weighted by Gasteiger charge is 2.32. The van der Waals surface area contributed by atoms with Crippen LogP contribution in [0.3, 0.4) is 0 Å². The Labute approximate surface area is 114 Å². The lowest BCUT2D eigenvalue weighted by Gasteiger charge is -2.35. The molecule has 0 saturated carbocycles. The molecule has 0 radical (unpaired) electrons. The van der Waals surface area contributed by atoms with Crippen molar-refractivity contribution in [3.05, 3.63) is 35.6 Å². The van der Waals surface area contributed by atoms with E-state index in [1.54, 1.807) is 12.1 Å². The molecular formula is C15H20FN3. The van der Waals surface area contributed by atoms with Crippen molar-refractivity contribution in [2.75, 3.05) is 26.2 Å². The van der Waals surface area contributed by atoms with Crippen LogP contribution in [-0.4, -0.2) is 36.6 Å². The fourth-order valence-corrected chi connectivity index (χ4v) is 2.56. The first kappa shape index (κ1) is 14.0. The van der Waals surface area contributed by atoms with Crippen LogP contribution in [0.4, 0.5) is 4.39 Å². The van der Waals surface area contributed by atoms with E-state index < -0.39 is 5.54 Å². The standard InChI is InChI=1S/C15H20FN3/c1-15(12-17,19-9-2-7-18-8-10-19)11-13-3-5-14(16)6-4-13/h3-6,18H,2,7-11H2,1H3. The predicted molar refractivity (Wildman–Crippen MR) is 73.2 cm³/mol. The summed E-state index contributed by atoms with van der Waals surface area (Å²) in [6, 6.07) is 8.88. The highest BCUT2D eigenvalue weighted by molar-refractivity contribution is 5.22. The summed E-state index contributed by atoms with van der Waals surface area (Å²) in [4.78, 5) is 2.23. The first-order chi connectivity index (χ1) is 9.14. The molecule has 1 saturated heterocycles. The molecule has 1 aliphatic heterocycles. The maximum atomic E-state index is 12.9. The van der Waals surface area contributed by atoms with Crippen LogP contribution in [0.2, 0.25) is 0 Å². The van der Waals surface area contributed by atoms with Crippen molar-refractivity contribution in [1.82, 2.24) is 10.2 Å². The third-order valence-corrected chi connectivity index (χ3v) is 3.74. The third-order valence-electron chi connectivity index (χ3n) is 3.74. The fourth-order valence-electron chi connectivity index (χ4n) is 2.56. The number of hydrogen-bond acceptors (Lipinski definition) is 3. The summed E-state index contributed by atoms with van der Waals surface area (Å²) in [5, 5.41) is 12.9. The molecule has 1 aromatic rings. The van der Waals surface area contributed by atoms with Crippen molar-refractivity contribution >= 4 is 0 Å². The van der Waals surface area contributed by atoms with Crippen LogP contribution in [0.5, 0.6) is 0 Å². The van der Waals surface area contributed by atoms with E-state index in [1.807, 2.05) is 6.92 Å². The maximum absolute atomic E-state index is 12.9. The van der Waals surface area contributed by atoms with Crippen LogP contribution >= 0.6 is 0 Å². The van der Waals surface area contributed by atoms with Crippen molar-refractivity contribution in [2.24, 2.45) is 0 Å². The molecule has 19 heavy (non-hydrogen) atoms. The van der Waals surface area contributed by atoms with Crippen LogP contribution in [0.1, 0.15) is 18.9 Å². The number of hydrogen-bond donors (Lipinski definition) is 1. The molecule has 0 amide bonds. The van der Waals surface area contributed by atoms with Gasteiger partial charge in [-0.2, -0.15) is 5.26 Å². The van der Waals surface area contributed by atoms with Gasteiger partial charge in [0.05, 0.1) is 6.07 Å². The molecule has 0 aromatic heterocycles. The SMILES string of the molecule is CC(C#N)(Cc1ccc(F)cc1)N1CCCNCC1. The summed E-state index contributed by atoms with van der Waals surface area (Å²) < 4.78 is 12.9. The van der Waals surface area contributed by atoms with Crippen LogP contribution < -0.4 is 5.32 Å². The minimum atomic E-state index is -0.524. The van der Waals surface area contributed by atoms with Crippen molar-refractivity contribution in [3.8, 4) is 6.07 Å². The van der Waals surface area contributed by atoms with Crippen molar-refractivity contribution in [1.29, 1.82) is 5.26 Å². The predicted octanol–water partition coefficient (Wildman–Crippen LogP) is 1.95. The number of halogens is 1. The average molecular weight is 261 g/mol. The first-order valence-electron chi connectivity index (χ1n) is 6.75. The molecule has 1 atom stereocenters. The molecule has 4 heteroatoms. The van der Waals surface area contributed by atoms with Crippen LogP contribution in [0.15, 0.2) is 24.3 Å². The van der Waals surface area contributed by atoms with Gasteiger partial charge in [-0.25, -0.2) is 4.39 Å². The van der Waals surface area contributed by atoms with Gasteiger partial charge in [-0.1, -0.05) is 12.1 Å². The number of rotatable bonds is 3. The Morgan fingerprint density at radius 2 is 2.05 bits per heavy atom. The Morgan fingerprint density at radius 3 is 2.74 bits per heavy atom. The molecule has 1 unspecified atom stereocenters. The number of nitrogens with one attached hydrogen (secondary N) is 1. The first-order valence-corrected chi connectivity index (χ1v) is 6.75. The molecule has 0 bridgehead atoms. The van der Waals surface area contributed by atoms with E-state index in [1.165, 1.54) is 12.1 Å². The van der Waals surface area contributed by atoms with E-state index in [0.717, 1.165) is 38.2 Å². The Bertz CT molecular complexity index is 443. The molecular weight excluding hydrogens is 241 g/mol. The number of nitriles is 1. The zero-order valence-electron chi connectivity index (χ0n) is 11.3. The van der Waals surface area contributed by atoms with E-state index >= 15 is 0 Å². The summed E-state index contributed by atoms with van der Waals surface area (Å²) in [5.74, 6) is -0.235. The van der Waals surface area contributed by atoms with Gasteiger partial charge in [0.1, 0.15) is 11.4 Å². The number of benzene rings is 1. The lowest BCUT2D eigenvalue weighted by Crippen LogP contribution is -2.48. The van der Waals surface area contributed by atoms with Crippen molar-refractivity contribution < 1.29 is 4.39 Å². The molecule has 0 aliphatic carbocycles. The van der Waals surface area contributed by atoms with Gasteiger partial charge in [0.2, 0.25) is 0 Å². The third kappa shape index (κ3) is 3.52. The summed E-state index contributed by atoms with van der Waals surface area (Å²) in [6.07, 6.45) is 1.68. The van der Waals surface area contributed by atoms with Gasteiger partial charge in [0, 0.05) is 26.1 Å². The Morgan fingerprint density at radius 1 is 1.32 bits per heavy atom. The molecule has 2 rings (SSSR count). The van der Waals surface area contributed by atoms with E-state index in [-0.39, 0.29) is 5.82 Å². The molecule has 1 aliphatic rings. The lowest BCUT2D eigenvalue weighted by molar-refractivity contribution is 0.162. The Kier molecular flexibility index (Phi) is 4.52. The quantitative estimate of drug-likeness (QED) is 0.904. The molecule has 1 aromatic carbocycles. The van der Waals surface area contributed by atoms with Gasteiger partial charge in [0.25, 0.3) is 0 Å². The second-order valence-corrected chi connectivity index (χ2v) is 5.28. The lowest BCUT2D eigenvalue weighted by atomic mass is 9.92. The summed E-state index contributed by atoms with van der Waals surface area (Å²) >= 11 is 0. The largest absolute Gasteiger partial charge is 0.315 e. The zero-order valence-corrected chi connectivity index (χ0v) is 11.3. The van der Waals surface area contributed by atoms with E-state index in [0.29, 0.717) is 6.42 Å². The minimum Gasteiger partial charge on any atom is -0.315 e. The molecule has 102 valence electrons. The molecule has 1 fully saturated rings. The zero-order chi connectivity index (χ0) is 13.7. The molecule has 0 spiro atoms. The summed E-state index contributed by atoms with van der Waals surface area (Å²) in [6.45, 7) is 5.71. The highest BCUT2D eigenvalue weighted by Crippen LogP contribution is 2.21. The van der Waals surface area contributed by atoms with E-state index in [9.17, 15) is 9.65 Å². The van der Waals surface area contributed by atoms with Crippen molar-refractivity contribution in [2.45, 2.75) is 25.3 Å². The summed E-state index contributed by atoms with van der Waals surface area (Å²) in [7, 11) is 0. The van der Waals surface area contributed by atoms with Crippen LogP contribution in [-0.2, 0) is 6.42 Å². The number of nitrogens with zero attached hydrogens (tertiary/aromatic N) is 2. The average Bonchev–Trinajstić information content (AvgIpc) is 2.71. The van der Waals surface area contributed by atoms with Gasteiger partial charge < -0.3 is 5.32 Å². The minimum absolute atomic E-state index is 0.235. The van der Waals surface area contributed by atoms with Gasteiger partial charge in [-0.3, -0.25) is 4.90 Å². The monoisotopic (exact) mass is 261 g/mol. The fraction of sp³-hybridized carbons (Fsp3) is 0.533. The van der Waals surface area contributed by atoms with Gasteiger partial charge >= 0.3 is 0 Å². The second-order valence-electron chi connectivity index (χ2n) is 5.28. The smallest absolute Gasteiger partial charge is 0.123 e. The Balaban J connectivity index is 2.12. The molecule has 1 N–H and O–H groups in total. The Hall–Kier alpha value is -1.44. The molecule has 1 heterocycles. The topological polar surface area (TPSA) is 39.1 Å². The van der Waals surface area contributed by atoms with Crippen LogP contribution in [0.25, 0.3) is 0 Å². The second kappa shape index (κ2) is 6.14. The van der Waals surface area contributed by atoms with Gasteiger partial charge in [-0.15, -0.1) is 0 Å². The van der Waals surface area contributed by atoms with E-state index in [2.05, 4.69) is 16.3 Å². The van der Waals surface area contributed by atoms with Crippen LogP contribution in [0, 0.1) is 17.1 Å². The highest BCUT2D eigenvalue weighted by atomic mass is 19.1. The summed E-state index contributed by atoms with van der Waals surface area (Å²) in [5.41, 5.74) is 0.479. The van der Waals surface area contributed by atoms with Crippen molar-refractivity contribution in [3.63, 3.8) is 0 Å². The molecule has 3 nitrogen and oxygen atoms in total. The van der Waals surface area contributed by atoms with Gasteiger partial charge in [-0.05, 0) is 37.6 Å². The van der Waals surface area contributed by atoms with Gasteiger partial charge in [0.15, 0.2) is 0 Å².